The molecule has 1 aromatic heterocycles. The molecule has 1 aromatic rings. The maximum atomic E-state index is 5.14. The summed E-state index contributed by atoms with van der Waals surface area (Å²) in [6.45, 7) is 0. The minimum Gasteiger partial charge on any atom is -0.374 e. The Morgan fingerprint density at radius 2 is 1.89 bits per heavy atom. The lowest BCUT2D eigenvalue weighted by Gasteiger charge is -1.69. The van der Waals surface area contributed by atoms with Gasteiger partial charge in [0.05, 0.1) is 0 Å². The number of hydrogen-bond donors (Lipinski definition) is 3. The Hall–Kier alpha value is -0.880. The van der Waals surface area contributed by atoms with Crippen LogP contribution in [0.1, 0.15) is 0 Å². The van der Waals surface area contributed by atoms with Crippen molar-refractivity contribution in [1.29, 1.82) is 0 Å². The van der Waals surface area contributed by atoms with E-state index in [9.17, 15) is 0 Å². The predicted octanol–water partition coefficient (Wildman–Crippen LogP) is -0.723. The molecule has 0 amide bonds. The molecule has 0 spiro atoms. The van der Waals surface area contributed by atoms with E-state index < -0.39 is 0 Å². The highest BCUT2D eigenvalue weighted by Gasteiger charge is 1.89. The first-order valence-corrected chi connectivity index (χ1v) is 2.99. The van der Waals surface area contributed by atoms with E-state index in [-0.39, 0.29) is 5.95 Å². The fraction of sp³-hybridized carbons (Fsp3) is 0.333. The molecule has 0 aliphatic rings. The van der Waals surface area contributed by atoms with E-state index in [0.29, 0.717) is 5.13 Å². The van der Waals surface area contributed by atoms with E-state index >= 15 is 0 Å². The van der Waals surface area contributed by atoms with E-state index in [1.165, 1.54) is 7.05 Å². The van der Waals surface area contributed by atoms with Crippen LogP contribution in [0.5, 0.6) is 0 Å². The monoisotopic (exact) mass is 147 g/mol. The quantitative estimate of drug-likeness (QED) is 0.449. The average molecular weight is 147 g/mol. The molecule has 0 aromatic carbocycles. The molecule has 0 saturated carbocycles. The van der Waals surface area contributed by atoms with Crippen molar-refractivity contribution in [2.45, 2.75) is 0 Å². The van der Waals surface area contributed by atoms with Crippen LogP contribution in [0.4, 0.5) is 11.1 Å². The Morgan fingerprint density at radius 3 is 2.00 bits per heavy atom. The van der Waals surface area contributed by atoms with Gasteiger partial charge in [-0.1, -0.05) is 0 Å². The minimum atomic E-state index is 0.252. The summed E-state index contributed by atoms with van der Waals surface area (Å²) in [4.78, 5) is 3.57. The second kappa shape index (κ2) is 4.04. The minimum absolute atomic E-state index is 0.252. The molecule has 0 aliphatic heterocycles. The van der Waals surface area contributed by atoms with E-state index in [1.54, 1.807) is 0 Å². The van der Waals surface area contributed by atoms with Crippen molar-refractivity contribution in [2.24, 2.45) is 5.73 Å². The van der Waals surface area contributed by atoms with E-state index in [1.807, 2.05) is 0 Å². The van der Waals surface area contributed by atoms with Crippen LogP contribution >= 0.6 is 11.5 Å². The van der Waals surface area contributed by atoms with E-state index in [0.717, 1.165) is 11.5 Å². The molecule has 1 heterocycles. The highest BCUT2D eigenvalue weighted by atomic mass is 32.1. The molecule has 0 aliphatic carbocycles. The molecule has 0 radical (unpaired) electrons. The third-order valence-electron chi connectivity index (χ3n) is 0.457. The van der Waals surface area contributed by atoms with Gasteiger partial charge in [0.25, 0.3) is 0 Å². The predicted molar refractivity (Wildman–Crippen MR) is 38.8 cm³/mol. The van der Waals surface area contributed by atoms with E-state index in [2.05, 4.69) is 15.1 Å². The van der Waals surface area contributed by atoms with Crippen molar-refractivity contribution in [2.75, 3.05) is 18.5 Å². The molecule has 5 nitrogen and oxygen atoms in total. The summed E-state index contributed by atoms with van der Waals surface area (Å²) in [5, 5.41) is 0.414. The zero-order valence-corrected chi connectivity index (χ0v) is 5.85. The summed E-state index contributed by atoms with van der Waals surface area (Å²) in [5.41, 5.74) is 14.7. The second-order valence-electron chi connectivity index (χ2n) is 0.991. The molecular weight excluding hydrogens is 138 g/mol. The lowest BCUT2D eigenvalue weighted by Crippen LogP contribution is -1.86. The van der Waals surface area contributed by atoms with Crippen LogP contribution in [-0.2, 0) is 0 Å². The van der Waals surface area contributed by atoms with Crippen molar-refractivity contribution in [3.63, 3.8) is 0 Å². The highest BCUT2D eigenvalue weighted by molar-refractivity contribution is 7.09. The Morgan fingerprint density at radius 1 is 1.33 bits per heavy atom. The average Bonchev–Trinajstić information content (AvgIpc) is 2.20. The van der Waals surface area contributed by atoms with Crippen LogP contribution in [0.3, 0.4) is 0 Å². The molecule has 0 unspecified atom stereocenters. The molecule has 0 atom stereocenters. The van der Waals surface area contributed by atoms with Gasteiger partial charge < -0.3 is 17.2 Å². The maximum Gasteiger partial charge on any atom is 0.233 e. The number of hydrogen-bond acceptors (Lipinski definition) is 6. The molecule has 0 fully saturated rings. The van der Waals surface area contributed by atoms with E-state index in [4.69, 9.17) is 11.5 Å². The second-order valence-corrected chi connectivity index (χ2v) is 1.77. The van der Waals surface area contributed by atoms with Gasteiger partial charge in [-0.15, -0.1) is 0 Å². The first-order valence-electron chi connectivity index (χ1n) is 2.21. The Bertz CT molecular complexity index is 144. The van der Waals surface area contributed by atoms with Gasteiger partial charge in [-0.2, -0.15) is 9.36 Å². The van der Waals surface area contributed by atoms with Gasteiger partial charge in [-0.25, -0.2) is 0 Å². The SMILES string of the molecule is CN.Nc1nsc(N)n1. The van der Waals surface area contributed by atoms with Gasteiger partial charge in [-0.3, -0.25) is 0 Å². The Balaban J connectivity index is 0.000000291. The summed E-state index contributed by atoms with van der Waals surface area (Å²) in [6, 6.07) is 0. The van der Waals surface area contributed by atoms with Crippen LogP contribution < -0.4 is 17.2 Å². The van der Waals surface area contributed by atoms with Crippen LogP contribution in [0, 0.1) is 0 Å². The normalized spacial score (nSPS) is 7.78. The topological polar surface area (TPSA) is 104 Å². The molecule has 1 rings (SSSR count). The molecule has 0 saturated heterocycles. The third kappa shape index (κ3) is 2.83. The molecule has 0 bridgehead atoms. The summed E-state index contributed by atoms with van der Waals surface area (Å²) in [7, 11) is 1.50. The number of nitrogens with two attached hydrogens (primary N) is 3. The van der Waals surface area contributed by atoms with Crippen molar-refractivity contribution < 1.29 is 0 Å². The highest BCUT2D eigenvalue weighted by Crippen LogP contribution is 2.04. The Labute approximate surface area is 57.0 Å². The lowest BCUT2D eigenvalue weighted by molar-refractivity contribution is 1.35. The zero-order chi connectivity index (χ0) is 7.28. The first-order chi connectivity index (χ1) is 4.29. The van der Waals surface area contributed by atoms with Crippen LogP contribution in [0.25, 0.3) is 0 Å². The molecule has 52 valence electrons. The largest absolute Gasteiger partial charge is 0.374 e. The number of nitrogens with zero attached hydrogens (tertiary/aromatic N) is 2. The first kappa shape index (κ1) is 8.12. The maximum absolute atomic E-state index is 5.14. The van der Waals surface area contributed by atoms with Gasteiger partial charge >= 0.3 is 0 Å². The standard InChI is InChI=1S/C2H4N4S.CH5N/c3-1-5-2(4)7-6-1;1-2/h(H4,3,4,5,6);2H2,1H3. The van der Waals surface area contributed by atoms with Gasteiger partial charge in [0.2, 0.25) is 11.1 Å². The molecule has 6 heteroatoms. The van der Waals surface area contributed by atoms with Gasteiger partial charge in [-0.05, 0) is 7.05 Å². The van der Waals surface area contributed by atoms with Crippen molar-refractivity contribution in [3.8, 4) is 0 Å². The Kier molecular flexibility index (Phi) is 3.65. The summed E-state index contributed by atoms with van der Waals surface area (Å²) >= 11 is 1.10. The van der Waals surface area contributed by atoms with Crippen molar-refractivity contribution >= 4 is 22.6 Å². The van der Waals surface area contributed by atoms with Crippen molar-refractivity contribution in [3.05, 3.63) is 0 Å². The van der Waals surface area contributed by atoms with Gasteiger partial charge in [0.15, 0.2) is 0 Å². The number of rotatable bonds is 0. The molecule has 9 heavy (non-hydrogen) atoms. The number of aromatic nitrogens is 2. The molecular formula is C3H9N5S. The van der Waals surface area contributed by atoms with Crippen LogP contribution in [0.15, 0.2) is 0 Å². The van der Waals surface area contributed by atoms with Crippen LogP contribution in [0.2, 0.25) is 0 Å². The third-order valence-corrected chi connectivity index (χ3v) is 1.01. The number of anilines is 2. The smallest absolute Gasteiger partial charge is 0.233 e. The molecule has 6 N–H and O–H groups in total. The fourth-order valence-corrected chi connectivity index (χ4v) is 0.609. The van der Waals surface area contributed by atoms with Gasteiger partial charge in [0, 0.05) is 11.5 Å². The summed E-state index contributed by atoms with van der Waals surface area (Å²) in [5.74, 6) is 0.252. The zero-order valence-electron chi connectivity index (χ0n) is 5.03. The van der Waals surface area contributed by atoms with Crippen molar-refractivity contribution in [1.82, 2.24) is 9.36 Å². The fourth-order valence-electron chi connectivity index (χ4n) is 0.247. The summed E-state index contributed by atoms with van der Waals surface area (Å²) < 4.78 is 3.60. The lowest BCUT2D eigenvalue weighted by atomic mass is 11.1. The van der Waals surface area contributed by atoms with Gasteiger partial charge in [0.1, 0.15) is 0 Å². The number of nitrogen functional groups attached to an aromatic ring is 2. The summed E-state index contributed by atoms with van der Waals surface area (Å²) in [6.07, 6.45) is 0. The van der Waals surface area contributed by atoms with Crippen LogP contribution in [-0.4, -0.2) is 16.4 Å².